The number of para-hydroxylation sites is 1. The first-order valence-electron chi connectivity index (χ1n) is 8.05. The Morgan fingerprint density at radius 2 is 1.78 bits per heavy atom. The topological polar surface area (TPSA) is 16.1 Å². The van der Waals surface area contributed by atoms with Gasteiger partial charge in [-0.1, -0.05) is 54.1 Å². The molecule has 2 nitrogen and oxygen atoms in total. The predicted octanol–water partition coefficient (Wildman–Crippen LogP) is 4.75. The van der Waals surface area contributed by atoms with Crippen LogP contribution >= 0.6 is 11.6 Å². The summed E-state index contributed by atoms with van der Waals surface area (Å²) in [6.45, 7) is 4.92. The molecule has 1 aliphatic heterocycles. The molecule has 23 heavy (non-hydrogen) atoms. The van der Waals surface area contributed by atoms with E-state index >= 15 is 0 Å². The molecule has 3 heteroatoms. The molecule has 0 aliphatic carbocycles. The lowest BCUT2D eigenvalue weighted by Gasteiger charge is -2.28. The number of pyridine rings is 1. The van der Waals surface area contributed by atoms with Crippen LogP contribution in [0.2, 0.25) is 5.02 Å². The van der Waals surface area contributed by atoms with Crippen molar-refractivity contribution in [2.75, 3.05) is 6.54 Å². The summed E-state index contributed by atoms with van der Waals surface area (Å²) in [6, 6.07) is 16.9. The van der Waals surface area contributed by atoms with Gasteiger partial charge in [0.2, 0.25) is 0 Å². The van der Waals surface area contributed by atoms with E-state index in [4.69, 9.17) is 16.6 Å². The van der Waals surface area contributed by atoms with E-state index in [0.717, 1.165) is 53.2 Å². The van der Waals surface area contributed by atoms with E-state index in [0.29, 0.717) is 0 Å². The highest BCUT2D eigenvalue weighted by atomic mass is 35.5. The lowest BCUT2D eigenvalue weighted by molar-refractivity contribution is 0.243. The third kappa shape index (κ3) is 2.73. The van der Waals surface area contributed by atoms with Crippen LogP contribution in [0.3, 0.4) is 0 Å². The summed E-state index contributed by atoms with van der Waals surface area (Å²) >= 11 is 6.60. The van der Waals surface area contributed by atoms with Crippen molar-refractivity contribution >= 4 is 22.5 Å². The highest BCUT2D eigenvalue weighted by molar-refractivity contribution is 6.32. The second kappa shape index (κ2) is 5.95. The number of aryl methyl sites for hydroxylation is 1. The molecule has 2 aromatic carbocycles. The van der Waals surface area contributed by atoms with E-state index in [9.17, 15) is 0 Å². The maximum absolute atomic E-state index is 6.60. The molecule has 0 amide bonds. The minimum Gasteiger partial charge on any atom is -0.293 e. The van der Waals surface area contributed by atoms with Crippen LogP contribution in [0.4, 0.5) is 0 Å². The maximum atomic E-state index is 6.60. The molecule has 1 aliphatic rings. The van der Waals surface area contributed by atoms with Crippen molar-refractivity contribution in [3.63, 3.8) is 0 Å². The molecule has 0 saturated carbocycles. The van der Waals surface area contributed by atoms with Crippen molar-refractivity contribution in [2.45, 2.75) is 26.4 Å². The van der Waals surface area contributed by atoms with E-state index in [1.807, 2.05) is 12.1 Å². The summed E-state index contributed by atoms with van der Waals surface area (Å²) in [4.78, 5) is 7.25. The highest BCUT2D eigenvalue weighted by Gasteiger charge is 2.18. The monoisotopic (exact) mass is 322 g/mol. The first kappa shape index (κ1) is 14.7. The number of aromatic nitrogens is 1. The molecular weight excluding hydrogens is 304 g/mol. The van der Waals surface area contributed by atoms with Crippen LogP contribution in [0.15, 0.2) is 48.5 Å². The largest absolute Gasteiger partial charge is 0.293 e. The first-order valence-corrected chi connectivity index (χ1v) is 8.43. The van der Waals surface area contributed by atoms with E-state index in [2.05, 4.69) is 48.2 Å². The molecule has 0 fully saturated rings. The Morgan fingerprint density at radius 3 is 2.65 bits per heavy atom. The minimum atomic E-state index is 0.804. The Bertz CT molecular complexity index is 873. The van der Waals surface area contributed by atoms with Gasteiger partial charge < -0.3 is 0 Å². The number of fused-ring (bicyclic) bond motifs is 2. The van der Waals surface area contributed by atoms with Crippen LogP contribution in [0, 0.1) is 6.92 Å². The van der Waals surface area contributed by atoms with Gasteiger partial charge in [-0.15, -0.1) is 0 Å². The van der Waals surface area contributed by atoms with Gasteiger partial charge in [-0.25, -0.2) is 4.98 Å². The number of benzene rings is 2. The molecule has 0 saturated heterocycles. The molecule has 2 heterocycles. The SMILES string of the molecule is Cc1c(Cl)c(CN2CCc3ccccc3C2)nc2ccccc12. The molecule has 0 unspecified atom stereocenters. The fraction of sp³-hybridized carbons (Fsp3) is 0.250. The van der Waals surface area contributed by atoms with Crippen molar-refractivity contribution in [1.82, 2.24) is 9.88 Å². The van der Waals surface area contributed by atoms with E-state index in [1.165, 1.54) is 11.1 Å². The number of halogens is 1. The van der Waals surface area contributed by atoms with Gasteiger partial charge in [-0.3, -0.25) is 4.90 Å². The van der Waals surface area contributed by atoms with E-state index in [1.54, 1.807) is 0 Å². The summed E-state index contributed by atoms with van der Waals surface area (Å²) in [5.41, 5.74) is 6.04. The second-order valence-electron chi connectivity index (χ2n) is 6.24. The Kier molecular flexibility index (Phi) is 3.80. The number of hydrogen-bond donors (Lipinski definition) is 0. The van der Waals surface area contributed by atoms with Gasteiger partial charge in [0.15, 0.2) is 0 Å². The van der Waals surface area contributed by atoms with Crippen LogP contribution in [-0.4, -0.2) is 16.4 Å². The summed E-state index contributed by atoms with van der Waals surface area (Å²) in [6.07, 6.45) is 1.10. The Balaban J connectivity index is 1.65. The van der Waals surface area contributed by atoms with Crippen LogP contribution in [0.25, 0.3) is 10.9 Å². The average molecular weight is 323 g/mol. The second-order valence-corrected chi connectivity index (χ2v) is 6.62. The summed E-state index contributed by atoms with van der Waals surface area (Å²) in [7, 11) is 0. The van der Waals surface area contributed by atoms with Gasteiger partial charge >= 0.3 is 0 Å². The standard InChI is InChI=1S/C20H19ClN2/c1-14-17-8-4-5-9-18(17)22-19(20(14)21)13-23-11-10-15-6-2-3-7-16(15)12-23/h2-9H,10-13H2,1H3. The zero-order valence-corrected chi connectivity index (χ0v) is 14.0. The molecule has 4 rings (SSSR count). The van der Waals surface area contributed by atoms with Crippen LogP contribution in [0.5, 0.6) is 0 Å². The first-order chi connectivity index (χ1) is 11.2. The highest BCUT2D eigenvalue weighted by Crippen LogP contribution is 2.29. The quantitative estimate of drug-likeness (QED) is 0.676. The van der Waals surface area contributed by atoms with Gasteiger partial charge in [-0.2, -0.15) is 0 Å². The lowest BCUT2D eigenvalue weighted by Crippen LogP contribution is -2.30. The van der Waals surface area contributed by atoms with Crippen LogP contribution in [0.1, 0.15) is 22.4 Å². The Hall–Kier alpha value is -1.90. The zero-order valence-electron chi connectivity index (χ0n) is 13.2. The van der Waals surface area contributed by atoms with Gasteiger partial charge in [0, 0.05) is 25.0 Å². The zero-order chi connectivity index (χ0) is 15.8. The van der Waals surface area contributed by atoms with Crippen molar-refractivity contribution < 1.29 is 0 Å². The smallest absolute Gasteiger partial charge is 0.0740 e. The van der Waals surface area contributed by atoms with Gasteiger partial charge in [-0.05, 0) is 36.1 Å². The normalized spacial score (nSPS) is 14.9. The predicted molar refractivity (Wildman–Crippen MR) is 95.8 cm³/mol. The van der Waals surface area contributed by atoms with Crippen molar-refractivity contribution in [2.24, 2.45) is 0 Å². The van der Waals surface area contributed by atoms with Gasteiger partial charge in [0.1, 0.15) is 0 Å². The van der Waals surface area contributed by atoms with Crippen molar-refractivity contribution in [1.29, 1.82) is 0 Å². The molecule has 0 atom stereocenters. The van der Waals surface area contributed by atoms with Gasteiger partial charge in [0.05, 0.1) is 16.2 Å². The molecule has 116 valence electrons. The molecule has 0 N–H and O–H groups in total. The van der Waals surface area contributed by atoms with E-state index < -0.39 is 0 Å². The molecule has 0 radical (unpaired) electrons. The summed E-state index contributed by atoms with van der Waals surface area (Å²) in [5, 5.41) is 1.95. The Morgan fingerprint density at radius 1 is 1.04 bits per heavy atom. The summed E-state index contributed by atoms with van der Waals surface area (Å²) in [5.74, 6) is 0. The number of rotatable bonds is 2. The fourth-order valence-corrected chi connectivity index (χ4v) is 3.63. The molecule has 0 spiro atoms. The molecular formula is C20H19ClN2. The van der Waals surface area contributed by atoms with Gasteiger partial charge in [0.25, 0.3) is 0 Å². The summed E-state index contributed by atoms with van der Waals surface area (Å²) < 4.78 is 0. The molecule has 0 bridgehead atoms. The lowest BCUT2D eigenvalue weighted by atomic mass is 9.99. The number of hydrogen-bond acceptors (Lipinski definition) is 2. The van der Waals surface area contributed by atoms with Crippen LogP contribution in [-0.2, 0) is 19.5 Å². The maximum Gasteiger partial charge on any atom is 0.0740 e. The van der Waals surface area contributed by atoms with Crippen LogP contribution < -0.4 is 0 Å². The Labute approximate surface area is 141 Å². The molecule has 1 aromatic heterocycles. The van der Waals surface area contributed by atoms with E-state index in [-0.39, 0.29) is 0 Å². The molecule has 3 aromatic rings. The van der Waals surface area contributed by atoms with Crippen molar-refractivity contribution in [3.05, 3.63) is 75.9 Å². The third-order valence-electron chi connectivity index (χ3n) is 4.73. The average Bonchev–Trinajstić information content (AvgIpc) is 2.59. The third-order valence-corrected chi connectivity index (χ3v) is 5.23. The van der Waals surface area contributed by atoms with Crippen molar-refractivity contribution in [3.8, 4) is 0 Å². The fourth-order valence-electron chi connectivity index (χ4n) is 3.42. The minimum absolute atomic E-state index is 0.804. The number of nitrogens with zero attached hydrogens (tertiary/aromatic N) is 2.